The van der Waals surface area contributed by atoms with Gasteiger partial charge in [-0.25, -0.2) is 0 Å². The molecule has 3 nitrogen and oxygen atoms in total. The summed E-state index contributed by atoms with van der Waals surface area (Å²) in [4.78, 5) is 0. The van der Waals surface area contributed by atoms with Gasteiger partial charge in [-0.2, -0.15) is 0 Å². The summed E-state index contributed by atoms with van der Waals surface area (Å²) < 4.78 is 10.6. The van der Waals surface area contributed by atoms with E-state index >= 15 is 0 Å². The van der Waals surface area contributed by atoms with Gasteiger partial charge < -0.3 is 14.6 Å². The van der Waals surface area contributed by atoms with Gasteiger partial charge in [-0.15, -0.1) is 0 Å². The molecule has 14 heavy (non-hydrogen) atoms. The number of hydrogen-bond acceptors (Lipinski definition) is 3. The number of ether oxygens (including phenoxy) is 2. The molecule has 2 atom stereocenters. The first-order chi connectivity index (χ1) is 6.68. The molecule has 1 rings (SSSR count). The third-order valence-electron chi connectivity index (χ3n) is 2.68. The first kappa shape index (κ1) is 12.0. The standard InChI is InChI=1S/C11H22O3/c1-9(12)14-10(2)13-8-11-6-4-3-5-7-11/h9-12H,3-8H2,1-2H3. The Hall–Kier alpha value is -0.120. The monoisotopic (exact) mass is 202 g/mol. The van der Waals surface area contributed by atoms with Gasteiger partial charge in [0.25, 0.3) is 0 Å². The van der Waals surface area contributed by atoms with E-state index in [0.717, 1.165) is 6.61 Å². The fourth-order valence-corrected chi connectivity index (χ4v) is 1.94. The average Bonchev–Trinajstić information content (AvgIpc) is 2.15. The summed E-state index contributed by atoms with van der Waals surface area (Å²) in [6.07, 6.45) is 5.56. The van der Waals surface area contributed by atoms with Crippen molar-refractivity contribution in [3.8, 4) is 0 Å². The van der Waals surface area contributed by atoms with Crippen LogP contribution >= 0.6 is 0 Å². The van der Waals surface area contributed by atoms with E-state index in [-0.39, 0.29) is 6.29 Å². The zero-order chi connectivity index (χ0) is 10.4. The molecule has 1 aliphatic carbocycles. The lowest BCUT2D eigenvalue weighted by Crippen LogP contribution is -2.23. The zero-order valence-electron chi connectivity index (χ0n) is 9.24. The third-order valence-corrected chi connectivity index (χ3v) is 2.68. The molecule has 0 aromatic carbocycles. The van der Waals surface area contributed by atoms with Crippen LogP contribution in [-0.2, 0) is 9.47 Å². The molecule has 1 fully saturated rings. The largest absolute Gasteiger partial charge is 0.368 e. The van der Waals surface area contributed by atoms with Crippen LogP contribution in [0.3, 0.4) is 0 Å². The summed E-state index contributed by atoms with van der Waals surface area (Å²) in [6, 6.07) is 0. The molecule has 1 N–H and O–H groups in total. The maximum absolute atomic E-state index is 8.96. The molecular formula is C11H22O3. The predicted molar refractivity (Wildman–Crippen MR) is 54.8 cm³/mol. The minimum Gasteiger partial charge on any atom is -0.368 e. The lowest BCUT2D eigenvalue weighted by Gasteiger charge is -2.23. The third kappa shape index (κ3) is 4.94. The average molecular weight is 202 g/mol. The Bertz CT molecular complexity index is 141. The molecule has 0 radical (unpaired) electrons. The van der Waals surface area contributed by atoms with Gasteiger partial charge >= 0.3 is 0 Å². The van der Waals surface area contributed by atoms with Crippen LogP contribution in [0.15, 0.2) is 0 Å². The second-order valence-corrected chi connectivity index (χ2v) is 4.14. The number of hydrogen-bond donors (Lipinski definition) is 1. The predicted octanol–water partition coefficient (Wildman–Crippen LogP) is 2.28. The van der Waals surface area contributed by atoms with Crippen molar-refractivity contribution in [3.63, 3.8) is 0 Å². The fourth-order valence-electron chi connectivity index (χ4n) is 1.94. The van der Waals surface area contributed by atoms with Gasteiger partial charge in [0.1, 0.15) is 0 Å². The highest BCUT2D eigenvalue weighted by atomic mass is 16.7. The van der Waals surface area contributed by atoms with Crippen LogP contribution in [0.2, 0.25) is 0 Å². The van der Waals surface area contributed by atoms with E-state index < -0.39 is 6.29 Å². The summed E-state index contributed by atoms with van der Waals surface area (Å²) in [5.41, 5.74) is 0. The maximum Gasteiger partial charge on any atom is 0.157 e. The Kier molecular flexibility index (Phi) is 5.45. The van der Waals surface area contributed by atoms with Crippen LogP contribution in [0.25, 0.3) is 0 Å². The van der Waals surface area contributed by atoms with Gasteiger partial charge in [0.05, 0.1) is 6.61 Å². The van der Waals surface area contributed by atoms with Gasteiger partial charge in [-0.05, 0) is 32.6 Å². The summed E-state index contributed by atoms with van der Waals surface area (Å²) in [5.74, 6) is 0.698. The molecule has 84 valence electrons. The van der Waals surface area contributed by atoms with Crippen molar-refractivity contribution in [3.05, 3.63) is 0 Å². The first-order valence-electron chi connectivity index (χ1n) is 5.63. The normalized spacial score (nSPS) is 23.4. The maximum atomic E-state index is 8.96. The number of aliphatic hydroxyl groups excluding tert-OH is 1. The highest BCUT2D eigenvalue weighted by molar-refractivity contribution is 4.64. The molecule has 0 spiro atoms. The van der Waals surface area contributed by atoms with Gasteiger partial charge in [0.2, 0.25) is 0 Å². The quantitative estimate of drug-likeness (QED) is 0.695. The van der Waals surface area contributed by atoms with Gasteiger partial charge in [0, 0.05) is 0 Å². The lowest BCUT2D eigenvalue weighted by molar-refractivity contribution is -0.217. The summed E-state index contributed by atoms with van der Waals surface area (Å²) in [5, 5.41) is 8.96. The van der Waals surface area contributed by atoms with Crippen molar-refractivity contribution in [1.29, 1.82) is 0 Å². The minimum absolute atomic E-state index is 0.295. The molecule has 0 heterocycles. The minimum atomic E-state index is -0.739. The fraction of sp³-hybridized carbons (Fsp3) is 1.00. The molecule has 0 aliphatic heterocycles. The molecule has 1 saturated carbocycles. The van der Waals surface area contributed by atoms with Crippen molar-refractivity contribution >= 4 is 0 Å². The summed E-state index contributed by atoms with van der Waals surface area (Å²) >= 11 is 0. The highest BCUT2D eigenvalue weighted by Crippen LogP contribution is 2.24. The second-order valence-electron chi connectivity index (χ2n) is 4.14. The molecule has 0 saturated heterocycles. The molecule has 0 bridgehead atoms. The molecule has 2 unspecified atom stereocenters. The van der Waals surface area contributed by atoms with Crippen LogP contribution in [-0.4, -0.2) is 24.3 Å². The smallest absolute Gasteiger partial charge is 0.157 e. The van der Waals surface area contributed by atoms with Crippen molar-refractivity contribution in [2.24, 2.45) is 5.92 Å². The molecule has 3 heteroatoms. The van der Waals surface area contributed by atoms with E-state index in [0.29, 0.717) is 5.92 Å². The number of aliphatic hydroxyl groups is 1. The Balaban J connectivity index is 2.06. The molecule has 0 aromatic rings. The van der Waals surface area contributed by atoms with E-state index in [1.807, 2.05) is 6.92 Å². The number of rotatable bonds is 5. The molecule has 0 aromatic heterocycles. The summed E-state index contributed by atoms with van der Waals surface area (Å²) in [6.45, 7) is 4.20. The van der Waals surface area contributed by atoms with Crippen LogP contribution in [0.5, 0.6) is 0 Å². The van der Waals surface area contributed by atoms with Crippen molar-refractivity contribution in [2.75, 3.05) is 6.61 Å². The van der Waals surface area contributed by atoms with Crippen LogP contribution in [0.4, 0.5) is 0 Å². The Labute approximate surface area is 86.4 Å². The van der Waals surface area contributed by atoms with Crippen molar-refractivity contribution in [1.82, 2.24) is 0 Å². The van der Waals surface area contributed by atoms with Crippen molar-refractivity contribution in [2.45, 2.75) is 58.5 Å². The highest BCUT2D eigenvalue weighted by Gasteiger charge is 2.15. The topological polar surface area (TPSA) is 38.7 Å². The van der Waals surface area contributed by atoms with E-state index in [1.54, 1.807) is 6.92 Å². The SMILES string of the molecule is CC(O)OC(C)OCC1CCCCC1. The first-order valence-corrected chi connectivity index (χ1v) is 5.63. The Morgan fingerprint density at radius 2 is 1.86 bits per heavy atom. The van der Waals surface area contributed by atoms with E-state index in [2.05, 4.69) is 0 Å². The molecule has 1 aliphatic rings. The van der Waals surface area contributed by atoms with E-state index in [1.165, 1.54) is 32.1 Å². The van der Waals surface area contributed by atoms with E-state index in [9.17, 15) is 0 Å². The zero-order valence-corrected chi connectivity index (χ0v) is 9.24. The lowest BCUT2D eigenvalue weighted by atomic mass is 9.90. The van der Waals surface area contributed by atoms with Gasteiger partial charge in [-0.3, -0.25) is 0 Å². The Morgan fingerprint density at radius 3 is 2.43 bits per heavy atom. The Morgan fingerprint density at radius 1 is 1.21 bits per heavy atom. The van der Waals surface area contributed by atoms with Crippen LogP contribution in [0, 0.1) is 5.92 Å². The van der Waals surface area contributed by atoms with Gasteiger partial charge in [-0.1, -0.05) is 19.3 Å². The summed E-state index contributed by atoms with van der Waals surface area (Å²) in [7, 11) is 0. The van der Waals surface area contributed by atoms with Crippen LogP contribution in [0.1, 0.15) is 46.0 Å². The van der Waals surface area contributed by atoms with Crippen molar-refractivity contribution < 1.29 is 14.6 Å². The van der Waals surface area contributed by atoms with Gasteiger partial charge in [0.15, 0.2) is 12.6 Å². The van der Waals surface area contributed by atoms with E-state index in [4.69, 9.17) is 14.6 Å². The second kappa shape index (κ2) is 6.38. The molecule has 0 amide bonds. The van der Waals surface area contributed by atoms with Crippen LogP contribution < -0.4 is 0 Å². The molecular weight excluding hydrogens is 180 g/mol.